The van der Waals surface area contributed by atoms with Crippen LogP contribution in [0.3, 0.4) is 0 Å². The zero-order valence-corrected chi connectivity index (χ0v) is 19.0. The van der Waals surface area contributed by atoms with Crippen LogP contribution in [-0.4, -0.2) is 56.8 Å². The van der Waals surface area contributed by atoms with Crippen molar-refractivity contribution in [2.45, 2.75) is 24.6 Å². The number of carbonyl (C=O) groups is 2. The maximum atomic E-state index is 15.7. The molecule has 1 fully saturated rings. The molecule has 3 aromatic carbocycles. The summed E-state index contributed by atoms with van der Waals surface area (Å²) in [5.74, 6) is -1.49. The van der Waals surface area contributed by atoms with E-state index in [9.17, 15) is 19.7 Å². The van der Waals surface area contributed by atoms with Crippen molar-refractivity contribution < 1.29 is 33.1 Å². The summed E-state index contributed by atoms with van der Waals surface area (Å²) in [6.07, 6.45) is -6.09. The van der Waals surface area contributed by atoms with Crippen LogP contribution < -0.4 is 0 Å². The normalized spacial score (nSPS) is 21.0. The summed E-state index contributed by atoms with van der Waals surface area (Å²) in [6.45, 7) is -0.475. The minimum absolute atomic E-state index is 0.0430. The van der Waals surface area contributed by atoms with Crippen LogP contribution in [0.15, 0.2) is 78.9 Å². The molecular weight excluding hydrogens is 487 g/mol. The van der Waals surface area contributed by atoms with E-state index in [0.717, 1.165) is 4.68 Å². The molecule has 0 radical (unpaired) electrons. The van der Waals surface area contributed by atoms with E-state index < -0.39 is 48.1 Å². The molecule has 4 aromatic rings. The lowest BCUT2D eigenvalue weighted by molar-refractivity contribution is -0.383. The molecule has 12 heteroatoms. The number of fused-ring (bicyclic) bond motifs is 1. The van der Waals surface area contributed by atoms with Gasteiger partial charge in [-0.3, -0.25) is 10.1 Å². The Kier molecular flexibility index (Phi) is 6.56. The Morgan fingerprint density at radius 1 is 0.973 bits per heavy atom. The van der Waals surface area contributed by atoms with Crippen LogP contribution in [0.4, 0.5) is 10.1 Å². The Labute approximate surface area is 208 Å². The fourth-order valence-corrected chi connectivity index (χ4v) is 4.02. The number of non-ortho nitro benzene ring substituents is 1. The minimum Gasteiger partial charge on any atom is -0.459 e. The molecule has 0 amide bonds. The van der Waals surface area contributed by atoms with Gasteiger partial charge in [0.15, 0.2) is 24.0 Å². The molecule has 5 rings (SSSR count). The van der Waals surface area contributed by atoms with Crippen molar-refractivity contribution in [1.82, 2.24) is 15.0 Å². The Hall–Kier alpha value is -4.71. The quantitative estimate of drug-likeness (QED) is 0.209. The van der Waals surface area contributed by atoms with Gasteiger partial charge in [-0.2, -0.15) is 0 Å². The SMILES string of the molecule is O=C(OC[C@H]1O[C@@H](n2nnc3c([N+](=O)[O-])cccc32)[C@H](OC(=O)c2ccccc2)[C@@H]1F)c1ccccc1. The number of carbonyl (C=O) groups excluding carboxylic acids is 2. The van der Waals surface area contributed by atoms with Gasteiger partial charge in [-0.25, -0.2) is 18.7 Å². The number of halogens is 1. The molecule has 4 atom stereocenters. The zero-order valence-electron chi connectivity index (χ0n) is 19.0. The van der Waals surface area contributed by atoms with Gasteiger partial charge in [-0.1, -0.05) is 47.7 Å². The summed E-state index contributed by atoms with van der Waals surface area (Å²) < 4.78 is 33.4. The molecular formula is C25H19FN4O7. The van der Waals surface area contributed by atoms with E-state index in [-0.39, 0.29) is 27.8 Å². The molecule has 1 aliphatic heterocycles. The van der Waals surface area contributed by atoms with Crippen LogP contribution in [0.2, 0.25) is 0 Å². The Morgan fingerprint density at radius 2 is 1.62 bits per heavy atom. The van der Waals surface area contributed by atoms with Crippen molar-refractivity contribution >= 4 is 28.7 Å². The first-order valence-corrected chi connectivity index (χ1v) is 11.2. The summed E-state index contributed by atoms with van der Waals surface area (Å²) in [4.78, 5) is 35.9. The highest BCUT2D eigenvalue weighted by Gasteiger charge is 2.50. The third-order valence-electron chi connectivity index (χ3n) is 5.82. The molecule has 0 unspecified atom stereocenters. The van der Waals surface area contributed by atoms with E-state index in [2.05, 4.69) is 10.3 Å². The molecule has 37 heavy (non-hydrogen) atoms. The number of rotatable bonds is 7. The van der Waals surface area contributed by atoms with Crippen molar-refractivity contribution in [3.05, 3.63) is 100 Å². The predicted octanol–water partition coefficient (Wildman–Crippen LogP) is 3.66. The predicted molar refractivity (Wildman–Crippen MR) is 125 cm³/mol. The number of ether oxygens (including phenoxy) is 3. The first-order chi connectivity index (χ1) is 17.9. The number of nitrogens with zero attached hydrogens (tertiary/aromatic N) is 4. The fourth-order valence-electron chi connectivity index (χ4n) is 4.02. The second-order valence-corrected chi connectivity index (χ2v) is 8.15. The van der Waals surface area contributed by atoms with Crippen LogP contribution in [-0.2, 0) is 14.2 Å². The number of hydrogen-bond donors (Lipinski definition) is 0. The van der Waals surface area contributed by atoms with Gasteiger partial charge in [-0.05, 0) is 30.3 Å². The molecule has 1 aromatic heterocycles. The minimum atomic E-state index is -1.92. The third-order valence-corrected chi connectivity index (χ3v) is 5.82. The smallest absolute Gasteiger partial charge is 0.338 e. The molecule has 2 heterocycles. The molecule has 0 spiro atoms. The maximum Gasteiger partial charge on any atom is 0.338 e. The monoisotopic (exact) mass is 506 g/mol. The largest absolute Gasteiger partial charge is 0.459 e. The molecule has 11 nitrogen and oxygen atoms in total. The van der Waals surface area contributed by atoms with Crippen molar-refractivity contribution in [3.8, 4) is 0 Å². The van der Waals surface area contributed by atoms with Gasteiger partial charge in [0.25, 0.3) is 5.69 Å². The Morgan fingerprint density at radius 3 is 2.27 bits per heavy atom. The number of alkyl halides is 1. The van der Waals surface area contributed by atoms with Crippen LogP contribution in [0, 0.1) is 10.1 Å². The zero-order chi connectivity index (χ0) is 25.9. The molecule has 0 N–H and O–H groups in total. The molecule has 0 bridgehead atoms. The standard InChI is InChI=1S/C25H19FN4O7/c26-20-19(14-35-24(31)15-8-3-1-4-9-15)36-23(22(20)37-25(32)16-10-5-2-6-11-16)29-17-12-7-13-18(30(33)34)21(17)27-28-29/h1-13,19-20,22-23H,14H2/t19-,20-,22-,23-/m1/s1. The van der Waals surface area contributed by atoms with Crippen LogP contribution in [0.25, 0.3) is 11.0 Å². The highest BCUT2D eigenvalue weighted by atomic mass is 19.1. The average Bonchev–Trinajstić information content (AvgIpc) is 3.49. The van der Waals surface area contributed by atoms with Crippen LogP contribution in [0.1, 0.15) is 26.9 Å². The molecule has 1 aliphatic rings. The average molecular weight is 506 g/mol. The molecule has 188 valence electrons. The van der Waals surface area contributed by atoms with Gasteiger partial charge in [0, 0.05) is 6.07 Å². The summed E-state index contributed by atoms with van der Waals surface area (Å²) in [7, 11) is 0. The van der Waals surface area contributed by atoms with E-state index in [4.69, 9.17) is 14.2 Å². The van der Waals surface area contributed by atoms with Gasteiger partial charge >= 0.3 is 11.9 Å². The van der Waals surface area contributed by atoms with Gasteiger partial charge in [0.1, 0.15) is 12.7 Å². The number of hydrogen-bond acceptors (Lipinski definition) is 9. The number of nitro benzene ring substituents is 1. The van der Waals surface area contributed by atoms with Gasteiger partial charge in [0.05, 0.1) is 21.6 Å². The van der Waals surface area contributed by atoms with Crippen LogP contribution in [0.5, 0.6) is 0 Å². The van der Waals surface area contributed by atoms with E-state index in [1.807, 2.05) is 0 Å². The number of nitro groups is 1. The van der Waals surface area contributed by atoms with Crippen molar-refractivity contribution in [2.75, 3.05) is 6.61 Å². The highest BCUT2D eigenvalue weighted by Crippen LogP contribution is 2.37. The van der Waals surface area contributed by atoms with Crippen LogP contribution >= 0.6 is 0 Å². The fraction of sp³-hybridized carbons (Fsp3) is 0.200. The number of aromatic nitrogens is 3. The molecule has 0 aliphatic carbocycles. The van der Waals surface area contributed by atoms with Gasteiger partial charge in [-0.15, -0.1) is 5.10 Å². The van der Waals surface area contributed by atoms with E-state index in [0.29, 0.717) is 0 Å². The Balaban J connectivity index is 1.44. The summed E-state index contributed by atoms with van der Waals surface area (Å²) in [5, 5.41) is 19.2. The van der Waals surface area contributed by atoms with E-state index in [1.165, 1.54) is 30.3 Å². The Bertz CT molecular complexity index is 1450. The van der Waals surface area contributed by atoms with Gasteiger partial charge < -0.3 is 14.2 Å². The second kappa shape index (κ2) is 10.1. The topological polar surface area (TPSA) is 136 Å². The van der Waals surface area contributed by atoms with Crippen molar-refractivity contribution in [2.24, 2.45) is 0 Å². The lowest BCUT2D eigenvalue weighted by Gasteiger charge is -2.20. The first-order valence-electron chi connectivity index (χ1n) is 11.2. The lowest BCUT2D eigenvalue weighted by atomic mass is 10.1. The van der Waals surface area contributed by atoms with E-state index >= 15 is 4.39 Å². The molecule has 1 saturated heterocycles. The van der Waals surface area contributed by atoms with Crippen molar-refractivity contribution in [3.63, 3.8) is 0 Å². The number of benzene rings is 3. The summed E-state index contributed by atoms with van der Waals surface area (Å²) in [5.41, 5.74) is 0.290. The summed E-state index contributed by atoms with van der Waals surface area (Å²) in [6, 6.07) is 20.3. The number of esters is 2. The molecule has 0 saturated carbocycles. The summed E-state index contributed by atoms with van der Waals surface area (Å²) >= 11 is 0. The maximum absolute atomic E-state index is 15.7. The first kappa shape index (κ1) is 24.0. The van der Waals surface area contributed by atoms with E-state index in [1.54, 1.807) is 48.5 Å². The van der Waals surface area contributed by atoms with Crippen molar-refractivity contribution in [1.29, 1.82) is 0 Å². The van der Waals surface area contributed by atoms with Gasteiger partial charge in [0.2, 0.25) is 0 Å². The lowest BCUT2D eigenvalue weighted by Crippen LogP contribution is -2.35. The highest BCUT2D eigenvalue weighted by molar-refractivity contribution is 5.90. The second-order valence-electron chi connectivity index (χ2n) is 8.15. The third kappa shape index (κ3) is 4.74.